The van der Waals surface area contributed by atoms with Crippen LogP contribution in [0.3, 0.4) is 0 Å². The molecule has 0 radical (unpaired) electrons. The van der Waals surface area contributed by atoms with Gasteiger partial charge < -0.3 is 10.6 Å². The lowest BCUT2D eigenvalue weighted by atomic mass is 10.2. The molecule has 0 aromatic heterocycles. The van der Waals surface area contributed by atoms with Gasteiger partial charge in [0.1, 0.15) is 0 Å². The molecule has 2 aromatic carbocycles. The van der Waals surface area contributed by atoms with E-state index in [1.165, 1.54) is 18.2 Å². The summed E-state index contributed by atoms with van der Waals surface area (Å²) in [6.07, 6.45) is -4.46. The summed E-state index contributed by atoms with van der Waals surface area (Å²) in [7, 11) is 0. The van der Waals surface area contributed by atoms with Gasteiger partial charge in [0.15, 0.2) is 0 Å². The first-order valence-corrected chi connectivity index (χ1v) is 7.13. The Labute approximate surface area is 137 Å². The van der Waals surface area contributed by atoms with E-state index >= 15 is 0 Å². The number of hydrogen-bond acceptors (Lipinski definition) is 1. The highest BCUT2D eigenvalue weighted by Crippen LogP contribution is 2.30. The highest BCUT2D eigenvalue weighted by molar-refractivity contribution is 9.10. The van der Waals surface area contributed by atoms with Crippen molar-refractivity contribution in [1.82, 2.24) is 0 Å². The largest absolute Gasteiger partial charge is 0.416 e. The molecule has 0 aliphatic heterocycles. The van der Waals surface area contributed by atoms with Gasteiger partial charge in [0.25, 0.3) is 0 Å². The first kappa shape index (κ1) is 16.6. The Bertz CT molecular complexity index is 707. The minimum Gasteiger partial charge on any atom is -0.308 e. The zero-order valence-corrected chi connectivity index (χ0v) is 13.2. The molecule has 0 bridgehead atoms. The number of amides is 2. The van der Waals surface area contributed by atoms with Crippen LogP contribution < -0.4 is 10.6 Å². The number of urea groups is 1. The van der Waals surface area contributed by atoms with Crippen molar-refractivity contribution in [3.05, 3.63) is 57.5 Å². The highest BCUT2D eigenvalue weighted by Gasteiger charge is 2.30. The number of anilines is 2. The maximum absolute atomic E-state index is 12.6. The molecule has 22 heavy (non-hydrogen) atoms. The van der Waals surface area contributed by atoms with E-state index < -0.39 is 17.8 Å². The van der Waals surface area contributed by atoms with Crippen LogP contribution in [0.25, 0.3) is 0 Å². The highest BCUT2D eigenvalue weighted by atomic mass is 79.9. The van der Waals surface area contributed by atoms with E-state index in [-0.39, 0.29) is 5.69 Å². The summed E-state index contributed by atoms with van der Waals surface area (Å²) in [4.78, 5) is 11.8. The zero-order chi connectivity index (χ0) is 16.3. The third kappa shape index (κ3) is 4.38. The molecule has 0 saturated carbocycles. The number of hydrogen-bond donors (Lipinski definition) is 2. The summed E-state index contributed by atoms with van der Waals surface area (Å²) in [5, 5.41) is 5.21. The predicted molar refractivity (Wildman–Crippen MR) is 83.2 cm³/mol. The molecule has 0 aliphatic carbocycles. The van der Waals surface area contributed by atoms with Crippen LogP contribution in [0.15, 0.2) is 46.9 Å². The molecule has 2 aromatic rings. The fourth-order valence-electron chi connectivity index (χ4n) is 1.64. The van der Waals surface area contributed by atoms with Gasteiger partial charge in [-0.2, -0.15) is 13.2 Å². The van der Waals surface area contributed by atoms with Gasteiger partial charge in [0.05, 0.1) is 10.6 Å². The Balaban J connectivity index is 2.07. The van der Waals surface area contributed by atoms with Gasteiger partial charge in [-0.15, -0.1) is 0 Å². The molecule has 2 rings (SSSR count). The topological polar surface area (TPSA) is 41.1 Å². The lowest BCUT2D eigenvalue weighted by Crippen LogP contribution is -2.19. The summed E-state index contributed by atoms with van der Waals surface area (Å²) in [5.41, 5.74) is -0.384. The maximum atomic E-state index is 12.6. The van der Waals surface area contributed by atoms with Gasteiger partial charge in [0, 0.05) is 15.8 Å². The van der Waals surface area contributed by atoms with E-state index in [2.05, 4.69) is 26.6 Å². The van der Waals surface area contributed by atoms with Crippen LogP contribution in [-0.2, 0) is 6.18 Å². The van der Waals surface area contributed by atoms with Crippen molar-refractivity contribution < 1.29 is 18.0 Å². The monoisotopic (exact) mass is 392 g/mol. The Morgan fingerprint density at radius 3 is 2.27 bits per heavy atom. The summed E-state index contributed by atoms with van der Waals surface area (Å²) >= 11 is 9.09. The van der Waals surface area contributed by atoms with Gasteiger partial charge in [-0.1, -0.05) is 17.7 Å². The quantitative estimate of drug-likeness (QED) is 0.668. The molecular weight excluding hydrogens is 385 g/mol. The van der Waals surface area contributed by atoms with E-state index in [0.29, 0.717) is 15.2 Å². The maximum Gasteiger partial charge on any atom is 0.416 e. The second-order valence-corrected chi connectivity index (χ2v) is 5.55. The lowest BCUT2D eigenvalue weighted by molar-refractivity contribution is -0.137. The van der Waals surface area contributed by atoms with E-state index in [1.807, 2.05) is 0 Å². The minimum absolute atomic E-state index is 0.0375. The van der Waals surface area contributed by atoms with Gasteiger partial charge in [-0.3, -0.25) is 0 Å². The lowest BCUT2D eigenvalue weighted by Gasteiger charge is -2.11. The van der Waals surface area contributed by atoms with Crippen molar-refractivity contribution >= 4 is 44.9 Å². The molecule has 0 saturated heterocycles. The number of alkyl halides is 3. The number of benzene rings is 2. The molecule has 0 heterocycles. The van der Waals surface area contributed by atoms with E-state index in [4.69, 9.17) is 11.6 Å². The average Bonchev–Trinajstić information content (AvgIpc) is 2.42. The molecule has 0 fully saturated rings. The number of rotatable bonds is 2. The zero-order valence-electron chi connectivity index (χ0n) is 10.8. The smallest absolute Gasteiger partial charge is 0.308 e. The Kier molecular flexibility index (Phi) is 4.97. The van der Waals surface area contributed by atoms with Crippen molar-refractivity contribution in [2.75, 3.05) is 10.6 Å². The van der Waals surface area contributed by atoms with Crippen LogP contribution in [-0.4, -0.2) is 6.03 Å². The van der Waals surface area contributed by atoms with Crippen molar-refractivity contribution in [2.24, 2.45) is 0 Å². The van der Waals surface area contributed by atoms with E-state index in [0.717, 1.165) is 12.1 Å². The van der Waals surface area contributed by atoms with Crippen LogP contribution in [0.2, 0.25) is 5.02 Å². The van der Waals surface area contributed by atoms with Crippen LogP contribution in [0.5, 0.6) is 0 Å². The second kappa shape index (κ2) is 6.58. The van der Waals surface area contributed by atoms with Crippen LogP contribution in [0, 0.1) is 0 Å². The van der Waals surface area contributed by atoms with Crippen molar-refractivity contribution in [3.63, 3.8) is 0 Å². The number of nitrogens with one attached hydrogen (secondary N) is 2. The molecule has 8 heteroatoms. The average molecular weight is 394 g/mol. The summed E-state index contributed by atoms with van der Waals surface area (Å²) in [5.74, 6) is 0. The summed E-state index contributed by atoms with van der Waals surface area (Å²) in [6, 6.07) is 8.45. The first-order valence-electron chi connectivity index (χ1n) is 5.96. The SMILES string of the molecule is O=C(Nc1cccc(C(F)(F)F)c1)Nc1ccc(Br)c(Cl)c1. The Hall–Kier alpha value is -1.73. The fraction of sp³-hybridized carbons (Fsp3) is 0.0714. The molecule has 2 amide bonds. The van der Waals surface area contributed by atoms with Gasteiger partial charge in [0.2, 0.25) is 0 Å². The molecule has 0 spiro atoms. The molecule has 0 atom stereocenters. The molecular formula is C14H9BrClF3N2O. The fourth-order valence-corrected chi connectivity index (χ4v) is 2.07. The van der Waals surface area contributed by atoms with E-state index in [9.17, 15) is 18.0 Å². The van der Waals surface area contributed by atoms with Crippen LogP contribution in [0.1, 0.15) is 5.56 Å². The van der Waals surface area contributed by atoms with Gasteiger partial charge >= 0.3 is 12.2 Å². The summed E-state index contributed by atoms with van der Waals surface area (Å²) < 4.78 is 38.4. The second-order valence-electron chi connectivity index (χ2n) is 4.29. The standard InChI is InChI=1S/C14H9BrClF3N2O/c15-11-5-4-10(7-12(11)16)21-13(22)20-9-3-1-2-8(6-9)14(17,18)19/h1-7H,(H2,20,21,22). The van der Waals surface area contributed by atoms with Gasteiger partial charge in [-0.05, 0) is 52.3 Å². The normalized spacial score (nSPS) is 11.1. The van der Waals surface area contributed by atoms with Crippen molar-refractivity contribution in [3.8, 4) is 0 Å². The van der Waals surface area contributed by atoms with Crippen LogP contribution in [0.4, 0.5) is 29.3 Å². The minimum atomic E-state index is -4.46. The third-order valence-electron chi connectivity index (χ3n) is 2.63. The predicted octanol–water partition coefficient (Wildman–Crippen LogP) is 5.77. The Morgan fingerprint density at radius 1 is 1.05 bits per heavy atom. The molecule has 3 nitrogen and oxygen atoms in total. The molecule has 116 valence electrons. The molecule has 0 aliphatic rings. The van der Waals surface area contributed by atoms with Crippen molar-refractivity contribution in [1.29, 1.82) is 0 Å². The first-order chi connectivity index (χ1) is 10.3. The van der Waals surface area contributed by atoms with E-state index in [1.54, 1.807) is 12.1 Å². The number of carbonyl (C=O) groups excluding carboxylic acids is 1. The van der Waals surface area contributed by atoms with Gasteiger partial charge in [-0.25, -0.2) is 4.79 Å². The molecule has 0 unspecified atom stereocenters. The third-order valence-corrected chi connectivity index (χ3v) is 3.86. The Morgan fingerprint density at radius 2 is 1.68 bits per heavy atom. The number of halogens is 5. The van der Waals surface area contributed by atoms with Crippen molar-refractivity contribution in [2.45, 2.75) is 6.18 Å². The molecule has 2 N–H and O–H groups in total. The summed E-state index contributed by atoms with van der Waals surface area (Å²) in [6.45, 7) is 0. The van der Waals surface area contributed by atoms with Crippen LogP contribution >= 0.6 is 27.5 Å². The number of carbonyl (C=O) groups is 1.